The molecule has 0 bridgehead atoms. The second kappa shape index (κ2) is 13.8. The Morgan fingerprint density at radius 2 is 1.43 bits per heavy atom. The van der Waals surface area contributed by atoms with Gasteiger partial charge in [-0.3, -0.25) is 9.79 Å². The molecule has 1 aliphatic rings. The molecule has 210 valence electrons. The standard InChI is InChI=1S/C33H37NO6/c1-39-32-18-23(8-10-28(32)35)15-26(14-22-6-4-3-5-7-22)30(37)20-31(38)27(17-25-12-13-34-21-25)16-24-9-11-29(36)33(19-24)40-2/h3-12,18-19,21,26-27,30,35-37H,13-17,20H2,1-2H3/t26-,27-,30+/m0/s1. The van der Waals surface area contributed by atoms with Gasteiger partial charge in [-0.2, -0.15) is 0 Å². The molecule has 7 nitrogen and oxygen atoms in total. The molecule has 3 atom stereocenters. The largest absolute Gasteiger partial charge is 0.504 e. The third kappa shape index (κ3) is 7.73. The molecule has 1 aliphatic heterocycles. The Labute approximate surface area is 235 Å². The number of aliphatic hydroxyl groups excluding tert-OH is 1. The quantitative estimate of drug-likeness (QED) is 0.261. The fourth-order valence-electron chi connectivity index (χ4n) is 5.20. The Morgan fingerprint density at radius 1 is 0.825 bits per heavy atom. The number of aliphatic imine (C=N–C) groups is 1. The van der Waals surface area contributed by atoms with E-state index in [1.54, 1.807) is 30.3 Å². The summed E-state index contributed by atoms with van der Waals surface area (Å²) in [5, 5.41) is 31.5. The Morgan fingerprint density at radius 3 is 2.00 bits per heavy atom. The summed E-state index contributed by atoms with van der Waals surface area (Å²) >= 11 is 0. The molecule has 0 amide bonds. The van der Waals surface area contributed by atoms with Gasteiger partial charge in [0.15, 0.2) is 23.0 Å². The van der Waals surface area contributed by atoms with Crippen LogP contribution in [0.3, 0.4) is 0 Å². The monoisotopic (exact) mass is 543 g/mol. The number of phenols is 2. The lowest BCUT2D eigenvalue weighted by Gasteiger charge is -2.25. The van der Waals surface area contributed by atoms with Crippen molar-refractivity contribution in [2.45, 2.75) is 38.2 Å². The zero-order valence-electron chi connectivity index (χ0n) is 23.0. The number of hydrogen-bond acceptors (Lipinski definition) is 7. The summed E-state index contributed by atoms with van der Waals surface area (Å²) in [5.74, 6) is 0.204. The van der Waals surface area contributed by atoms with Crippen LogP contribution in [0.2, 0.25) is 0 Å². The van der Waals surface area contributed by atoms with Gasteiger partial charge in [-0.15, -0.1) is 0 Å². The minimum Gasteiger partial charge on any atom is -0.504 e. The van der Waals surface area contributed by atoms with Crippen molar-refractivity contribution in [3.05, 3.63) is 95.1 Å². The summed E-state index contributed by atoms with van der Waals surface area (Å²) < 4.78 is 10.5. The van der Waals surface area contributed by atoms with Crippen LogP contribution < -0.4 is 9.47 Å². The van der Waals surface area contributed by atoms with Crippen LogP contribution in [0.5, 0.6) is 23.0 Å². The molecule has 0 radical (unpaired) electrons. The van der Waals surface area contributed by atoms with Crippen LogP contribution in [0.1, 0.15) is 29.5 Å². The van der Waals surface area contributed by atoms with Crippen molar-refractivity contribution in [3.8, 4) is 23.0 Å². The first-order valence-corrected chi connectivity index (χ1v) is 13.5. The summed E-state index contributed by atoms with van der Waals surface area (Å²) in [6.07, 6.45) is 5.04. The van der Waals surface area contributed by atoms with E-state index in [1.807, 2.05) is 48.7 Å². The van der Waals surface area contributed by atoms with E-state index in [-0.39, 0.29) is 35.5 Å². The number of aromatic hydroxyl groups is 2. The first-order valence-electron chi connectivity index (χ1n) is 13.5. The third-order valence-electron chi connectivity index (χ3n) is 7.42. The number of allylic oxidation sites excluding steroid dienone is 1. The minimum atomic E-state index is -0.879. The van der Waals surface area contributed by atoms with Gasteiger partial charge in [0, 0.05) is 18.6 Å². The highest BCUT2D eigenvalue weighted by atomic mass is 16.5. The topological polar surface area (TPSA) is 109 Å². The molecule has 3 aromatic rings. The zero-order chi connectivity index (χ0) is 28.5. The van der Waals surface area contributed by atoms with Crippen LogP contribution >= 0.6 is 0 Å². The number of phenolic OH excluding ortho intramolecular Hbond substituents is 2. The molecule has 7 heteroatoms. The van der Waals surface area contributed by atoms with E-state index in [0.29, 0.717) is 43.7 Å². The van der Waals surface area contributed by atoms with Crippen LogP contribution in [-0.2, 0) is 24.1 Å². The summed E-state index contributed by atoms with van der Waals surface area (Å²) in [5.41, 5.74) is 3.86. The van der Waals surface area contributed by atoms with Gasteiger partial charge < -0.3 is 24.8 Å². The molecule has 40 heavy (non-hydrogen) atoms. The van der Waals surface area contributed by atoms with E-state index in [0.717, 1.165) is 22.3 Å². The lowest BCUT2D eigenvalue weighted by atomic mass is 9.82. The molecular formula is C33H37NO6. The molecule has 0 unspecified atom stereocenters. The number of carbonyl (C=O) groups excluding carboxylic acids is 1. The van der Waals surface area contributed by atoms with Gasteiger partial charge in [0.1, 0.15) is 5.78 Å². The van der Waals surface area contributed by atoms with Gasteiger partial charge in [0.05, 0.1) is 26.9 Å². The lowest BCUT2D eigenvalue weighted by molar-refractivity contribution is -0.125. The lowest BCUT2D eigenvalue weighted by Crippen LogP contribution is -2.30. The third-order valence-corrected chi connectivity index (χ3v) is 7.42. The predicted molar refractivity (Wildman–Crippen MR) is 156 cm³/mol. The summed E-state index contributed by atoms with van der Waals surface area (Å²) in [7, 11) is 3.00. The predicted octanol–water partition coefficient (Wildman–Crippen LogP) is 5.10. The Bertz CT molecular complexity index is 1350. The second-order valence-corrected chi connectivity index (χ2v) is 10.3. The Balaban J connectivity index is 1.54. The van der Waals surface area contributed by atoms with Crippen molar-refractivity contribution < 1.29 is 29.6 Å². The number of carbonyl (C=O) groups is 1. The van der Waals surface area contributed by atoms with Gasteiger partial charge in [0.25, 0.3) is 0 Å². The van der Waals surface area contributed by atoms with E-state index in [2.05, 4.69) is 4.99 Å². The first-order chi connectivity index (χ1) is 19.4. The molecule has 0 spiro atoms. The molecule has 4 rings (SSSR count). The fourth-order valence-corrected chi connectivity index (χ4v) is 5.20. The molecule has 0 saturated heterocycles. The summed E-state index contributed by atoms with van der Waals surface area (Å²) in [4.78, 5) is 18.0. The number of methoxy groups -OCH3 is 2. The molecule has 0 fully saturated rings. The molecule has 1 heterocycles. The van der Waals surface area contributed by atoms with Crippen LogP contribution in [-0.4, -0.2) is 54.2 Å². The first kappa shape index (κ1) is 28.9. The Hall–Kier alpha value is -4.10. The van der Waals surface area contributed by atoms with E-state index >= 15 is 0 Å². The van der Waals surface area contributed by atoms with Crippen LogP contribution in [0.4, 0.5) is 0 Å². The van der Waals surface area contributed by atoms with Gasteiger partial charge in [0.2, 0.25) is 0 Å². The number of ether oxygens (including phenoxy) is 2. The number of nitrogens with zero attached hydrogens (tertiary/aromatic N) is 1. The fraction of sp³-hybridized carbons (Fsp3) is 0.333. The highest BCUT2D eigenvalue weighted by Gasteiger charge is 2.28. The second-order valence-electron chi connectivity index (χ2n) is 10.3. The van der Waals surface area contributed by atoms with Crippen LogP contribution in [0, 0.1) is 11.8 Å². The normalized spacial score (nSPS) is 14.8. The highest BCUT2D eigenvalue weighted by Crippen LogP contribution is 2.31. The van der Waals surface area contributed by atoms with E-state index < -0.39 is 6.10 Å². The van der Waals surface area contributed by atoms with Gasteiger partial charge in [-0.1, -0.05) is 48.5 Å². The molecular weight excluding hydrogens is 506 g/mol. The minimum absolute atomic E-state index is 0.0109. The van der Waals surface area contributed by atoms with Crippen molar-refractivity contribution in [1.82, 2.24) is 0 Å². The molecule has 3 N–H and O–H groups in total. The average molecular weight is 544 g/mol. The summed E-state index contributed by atoms with van der Waals surface area (Å²) in [6.45, 7) is 0.612. The van der Waals surface area contributed by atoms with Gasteiger partial charge >= 0.3 is 0 Å². The number of rotatable bonds is 14. The van der Waals surface area contributed by atoms with Crippen molar-refractivity contribution in [2.75, 3.05) is 20.8 Å². The number of hydrogen-bond donors (Lipinski definition) is 3. The van der Waals surface area contributed by atoms with Gasteiger partial charge in [-0.25, -0.2) is 0 Å². The zero-order valence-corrected chi connectivity index (χ0v) is 23.0. The molecule has 0 aromatic heterocycles. The van der Waals surface area contributed by atoms with Crippen molar-refractivity contribution >= 4 is 12.0 Å². The number of Topliss-reactive ketones (excluding diaryl/α,β-unsaturated/α-hetero) is 1. The van der Waals surface area contributed by atoms with Gasteiger partial charge in [-0.05, 0) is 78.1 Å². The van der Waals surface area contributed by atoms with E-state index in [9.17, 15) is 20.1 Å². The van der Waals surface area contributed by atoms with Crippen LogP contribution in [0.15, 0.2) is 83.4 Å². The highest BCUT2D eigenvalue weighted by molar-refractivity contribution is 5.86. The molecule has 0 aliphatic carbocycles. The van der Waals surface area contributed by atoms with Crippen molar-refractivity contribution in [2.24, 2.45) is 16.8 Å². The number of benzene rings is 3. The Kier molecular flexibility index (Phi) is 9.97. The van der Waals surface area contributed by atoms with Crippen LogP contribution in [0.25, 0.3) is 0 Å². The molecule has 3 aromatic carbocycles. The number of ketones is 1. The maximum Gasteiger partial charge on any atom is 0.160 e. The smallest absolute Gasteiger partial charge is 0.160 e. The molecule has 0 saturated carbocycles. The summed E-state index contributed by atoms with van der Waals surface area (Å²) in [6, 6.07) is 20.2. The van der Waals surface area contributed by atoms with E-state index in [1.165, 1.54) is 14.2 Å². The average Bonchev–Trinajstić information content (AvgIpc) is 3.48. The van der Waals surface area contributed by atoms with Crippen molar-refractivity contribution in [3.63, 3.8) is 0 Å². The number of aliphatic hydroxyl groups is 1. The maximum absolute atomic E-state index is 13.8. The van der Waals surface area contributed by atoms with E-state index in [4.69, 9.17) is 9.47 Å². The SMILES string of the molecule is COc1cc(C[C@@H](CC2=CCN=C2)C(=O)C[C@@H](O)[C@@H](Cc2ccccc2)Cc2ccc(O)c(OC)c2)ccc1O. The maximum atomic E-state index is 13.8. The van der Waals surface area contributed by atoms with Crippen molar-refractivity contribution in [1.29, 1.82) is 0 Å².